The first-order valence-corrected chi connectivity index (χ1v) is 4.67. The second-order valence-electron chi connectivity index (χ2n) is 3.59. The lowest BCUT2D eigenvalue weighted by Crippen LogP contribution is -2.16. The minimum Gasteiger partial charge on any atom is -0.0654 e. The second-order valence-corrected chi connectivity index (χ2v) is 3.59. The molecule has 0 aromatic heterocycles. The van der Waals surface area contributed by atoms with E-state index < -0.39 is 0 Å². The molecule has 1 aliphatic rings. The van der Waals surface area contributed by atoms with Crippen LogP contribution in [-0.4, -0.2) is 0 Å². The predicted molar refractivity (Wildman–Crippen MR) is 45.7 cm³/mol. The summed E-state index contributed by atoms with van der Waals surface area (Å²) in [6.07, 6.45) is 8.46. The van der Waals surface area contributed by atoms with E-state index in [1.807, 2.05) is 0 Å². The van der Waals surface area contributed by atoms with E-state index in [2.05, 4.69) is 13.8 Å². The highest BCUT2D eigenvalue weighted by Gasteiger charge is 2.19. The lowest BCUT2D eigenvalue weighted by molar-refractivity contribution is 0.264. The van der Waals surface area contributed by atoms with Crippen LogP contribution in [0.5, 0.6) is 0 Å². The van der Waals surface area contributed by atoms with Gasteiger partial charge in [-0.15, -0.1) is 0 Å². The molecule has 0 bridgehead atoms. The monoisotopic (exact) mass is 139 g/mol. The Morgan fingerprint density at radius 3 is 2.60 bits per heavy atom. The number of rotatable bonds is 2. The van der Waals surface area contributed by atoms with Crippen molar-refractivity contribution in [2.24, 2.45) is 11.8 Å². The molecule has 2 unspecified atom stereocenters. The fraction of sp³-hybridized carbons (Fsp3) is 0.900. The van der Waals surface area contributed by atoms with Gasteiger partial charge in [0.2, 0.25) is 0 Å². The quantitative estimate of drug-likeness (QED) is 0.550. The van der Waals surface area contributed by atoms with Crippen LogP contribution in [0, 0.1) is 18.8 Å². The normalized spacial score (nSPS) is 34.2. The van der Waals surface area contributed by atoms with Crippen molar-refractivity contribution in [2.75, 3.05) is 0 Å². The van der Waals surface area contributed by atoms with Gasteiger partial charge in [-0.2, -0.15) is 0 Å². The van der Waals surface area contributed by atoms with Crippen LogP contribution in [0.15, 0.2) is 0 Å². The first-order chi connectivity index (χ1) is 4.84. The molecule has 0 spiro atoms. The van der Waals surface area contributed by atoms with Gasteiger partial charge in [-0.25, -0.2) is 0 Å². The van der Waals surface area contributed by atoms with Crippen molar-refractivity contribution < 1.29 is 0 Å². The van der Waals surface area contributed by atoms with Crippen molar-refractivity contribution in [1.29, 1.82) is 0 Å². The molecule has 0 heterocycles. The average Bonchev–Trinajstić information content (AvgIpc) is 1.94. The van der Waals surface area contributed by atoms with Gasteiger partial charge in [0.05, 0.1) is 0 Å². The van der Waals surface area contributed by atoms with E-state index >= 15 is 0 Å². The van der Waals surface area contributed by atoms with Gasteiger partial charge in [0.25, 0.3) is 0 Å². The first kappa shape index (κ1) is 8.10. The summed E-state index contributed by atoms with van der Waals surface area (Å²) in [5.74, 6) is 1.73. The van der Waals surface area contributed by atoms with Gasteiger partial charge in [-0.1, -0.05) is 45.4 Å². The topological polar surface area (TPSA) is 0 Å². The second kappa shape index (κ2) is 4.00. The molecule has 0 saturated heterocycles. The van der Waals surface area contributed by atoms with Gasteiger partial charge in [0, 0.05) is 0 Å². The summed E-state index contributed by atoms with van der Waals surface area (Å²) in [6.45, 7) is 6.48. The van der Waals surface area contributed by atoms with Gasteiger partial charge in [0.15, 0.2) is 0 Å². The minimum atomic E-state index is 0.772. The fourth-order valence-corrected chi connectivity index (χ4v) is 2.04. The predicted octanol–water partition coefficient (Wildman–Crippen LogP) is 3.43. The van der Waals surface area contributed by atoms with Crippen molar-refractivity contribution >= 4 is 0 Å². The Balaban J connectivity index is 2.25. The summed E-state index contributed by atoms with van der Waals surface area (Å²) in [7, 11) is 0. The van der Waals surface area contributed by atoms with Crippen LogP contribution < -0.4 is 0 Å². The Hall–Kier alpha value is 0. The van der Waals surface area contributed by atoms with Crippen molar-refractivity contribution in [3.63, 3.8) is 0 Å². The largest absolute Gasteiger partial charge is 0.0654 e. The van der Waals surface area contributed by atoms with Crippen molar-refractivity contribution in [3.05, 3.63) is 6.92 Å². The fourth-order valence-electron chi connectivity index (χ4n) is 2.04. The smallest absolute Gasteiger partial charge is 0.0386 e. The van der Waals surface area contributed by atoms with E-state index in [0.717, 1.165) is 11.8 Å². The molecule has 0 N–H and O–H groups in total. The zero-order valence-corrected chi connectivity index (χ0v) is 7.10. The summed E-state index contributed by atoms with van der Waals surface area (Å²) in [6, 6.07) is 0. The van der Waals surface area contributed by atoms with E-state index in [1.54, 1.807) is 0 Å². The van der Waals surface area contributed by atoms with Gasteiger partial charge in [-0.05, 0) is 18.8 Å². The van der Waals surface area contributed by atoms with Gasteiger partial charge in [0.1, 0.15) is 0 Å². The van der Waals surface area contributed by atoms with Crippen LogP contribution in [0.2, 0.25) is 0 Å². The summed E-state index contributed by atoms with van der Waals surface area (Å²) in [5, 5.41) is 0. The Morgan fingerprint density at radius 2 is 2.00 bits per heavy atom. The Morgan fingerprint density at radius 1 is 1.30 bits per heavy atom. The van der Waals surface area contributed by atoms with Gasteiger partial charge < -0.3 is 0 Å². The van der Waals surface area contributed by atoms with Crippen LogP contribution in [-0.2, 0) is 0 Å². The van der Waals surface area contributed by atoms with Gasteiger partial charge >= 0.3 is 0 Å². The maximum absolute atomic E-state index is 4.20. The third-order valence-electron chi connectivity index (χ3n) is 2.73. The van der Waals surface area contributed by atoms with Crippen LogP contribution >= 0.6 is 0 Å². The third kappa shape index (κ3) is 2.00. The highest BCUT2D eigenvalue weighted by molar-refractivity contribution is 4.76. The van der Waals surface area contributed by atoms with E-state index in [1.165, 1.54) is 38.5 Å². The highest BCUT2D eigenvalue weighted by Crippen LogP contribution is 2.32. The summed E-state index contributed by atoms with van der Waals surface area (Å²) < 4.78 is 0. The molecule has 1 radical (unpaired) electrons. The van der Waals surface area contributed by atoms with E-state index in [0.29, 0.717) is 0 Å². The Kier molecular flexibility index (Phi) is 3.24. The van der Waals surface area contributed by atoms with Crippen molar-refractivity contribution in [2.45, 2.75) is 45.4 Å². The molecule has 0 aromatic rings. The van der Waals surface area contributed by atoms with E-state index in [9.17, 15) is 0 Å². The molecule has 10 heavy (non-hydrogen) atoms. The molecular formula is C10H19. The molecule has 1 fully saturated rings. The Bertz CT molecular complexity index is 84.0. The molecule has 2 atom stereocenters. The highest BCUT2D eigenvalue weighted by atomic mass is 14.2. The summed E-state index contributed by atoms with van der Waals surface area (Å²) in [5.41, 5.74) is 0. The molecule has 0 aliphatic heterocycles. The van der Waals surface area contributed by atoms with Crippen molar-refractivity contribution in [3.8, 4) is 0 Å². The van der Waals surface area contributed by atoms with Crippen molar-refractivity contribution in [1.82, 2.24) is 0 Å². The molecular weight excluding hydrogens is 120 g/mol. The minimum absolute atomic E-state index is 0.772. The lowest BCUT2D eigenvalue weighted by Gasteiger charge is -2.28. The molecule has 0 heteroatoms. The number of hydrogen-bond acceptors (Lipinski definition) is 0. The maximum atomic E-state index is 4.20. The molecule has 1 aliphatic carbocycles. The maximum Gasteiger partial charge on any atom is -0.0386 e. The summed E-state index contributed by atoms with van der Waals surface area (Å²) >= 11 is 0. The molecule has 0 aromatic carbocycles. The standard InChI is InChI=1S/C10H19/c1-3-6-10-8-5-4-7-9(10)2/h9-10H,2-8H2,1H3. The van der Waals surface area contributed by atoms with Crippen LogP contribution in [0.3, 0.4) is 0 Å². The molecule has 0 amide bonds. The zero-order valence-electron chi connectivity index (χ0n) is 7.10. The molecule has 1 saturated carbocycles. The summed E-state index contributed by atoms with van der Waals surface area (Å²) in [4.78, 5) is 0. The number of hydrogen-bond donors (Lipinski definition) is 0. The van der Waals surface area contributed by atoms with Gasteiger partial charge in [-0.3, -0.25) is 0 Å². The van der Waals surface area contributed by atoms with Crippen LogP contribution in [0.1, 0.15) is 45.4 Å². The SMILES string of the molecule is [CH2]C1CCCCC1CCC. The van der Waals surface area contributed by atoms with Crippen LogP contribution in [0.25, 0.3) is 0 Å². The average molecular weight is 139 g/mol. The Labute approximate surface area is 65.0 Å². The first-order valence-electron chi connectivity index (χ1n) is 4.67. The zero-order chi connectivity index (χ0) is 7.40. The molecule has 0 nitrogen and oxygen atoms in total. The van der Waals surface area contributed by atoms with Crippen LogP contribution in [0.4, 0.5) is 0 Å². The van der Waals surface area contributed by atoms with E-state index in [4.69, 9.17) is 0 Å². The molecule has 1 rings (SSSR count). The third-order valence-corrected chi connectivity index (χ3v) is 2.73. The van der Waals surface area contributed by atoms with E-state index in [-0.39, 0.29) is 0 Å². The lowest BCUT2D eigenvalue weighted by atomic mass is 9.78. The molecule has 59 valence electrons.